The number of esters is 1. The van der Waals surface area contributed by atoms with Gasteiger partial charge in [0.1, 0.15) is 6.61 Å². The van der Waals surface area contributed by atoms with Crippen molar-refractivity contribution in [3.63, 3.8) is 0 Å². The fourth-order valence-corrected chi connectivity index (χ4v) is 6.89. The van der Waals surface area contributed by atoms with Crippen molar-refractivity contribution in [2.75, 3.05) is 13.2 Å². The molecule has 1 atom stereocenters. The molecule has 0 spiro atoms. The third kappa shape index (κ3) is 6.23. The Bertz CT molecular complexity index is 2170. The molecule has 0 radical (unpaired) electrons. The van der Waals surface area contributed by atoms with Gasteiger partial charge in [0, 0.05) is 0 Å². The van der Waals surface area contributed by atoms with E-state index >= 15 is 0 Å². The van der Waals surface area contributed by atoms with Crippen molar-refractivity contribution in [1.29, 1.82) is 0 Å². The maximum Gasteiger partial charge on any atom is 0.338 e. The molecule has 7 nitrogen and oxygen atoms in total. The molecule has 5 aromatic rings. The maximum absolute atomic E-state index is 14.0. The summed E-state index contributed by atoms with van der Waals surface area (Å²) < 4.78 is 19.5. The first-order valence-corrected chi connectivity index (χ1v) is 16.3. The van der Waals surface area contributed by atoms with Crippen LogP contribution in [0.2, 0.25) is 5.02 Å². The summed E-state index contributed by atoms with van der Waals surface area (Å²) in [6, 6.07) is 25.0. The fourth-order valence-electron chi connectivity index (χ4n) is 5.57. The van der Waals surface area contributed by atoms with Crippen molar-refractivity contribution < 1.29 is 19.0 Å². The summed E-state index contributed by atoms with van der Waals surface area (Å²) in [5.74, 6) is 0.424. The predicted octanol–water partition coefficient (Wildman–Crippen LogP) is 6.89. The molecule has 46 heavy (non-hydrogen) atoms. The van der Waals surface area contributed by atoms with E-state index in [1.54, 1.807) is 30.6 Å². The van der Waals surface area contributed by atoms with Crippen molar-refractivity contribution in [3.05, 3.63) is 137 Å². The molecule has 1 aliphatic rings. The van der Waals surface area contributed by atoms with Crippen molar-refractivity contribution in [2.45, 2.75) is 40.3 Å². The van der Waals surface area contributed by atoms with Gasteiger partial charge in [-0.05, 0) is 79.4 Å². The molecule has 0 fully saturated rings. The zero-order valence-corrected chi connectivity index (χ0v) is 27.6. The predicted molar refractivity (Wildman–Crippen MR) is 182 cm³/mol. The van der Waals surface area contributed by atoms with Crippen LogP contribution >= 0.6 is 22.9 Å². The first kappa shape index (κ1) is 31.3. The Kier molecular flexibility index (Phi) is 9.10. The van der Waals surface area contributed by atoms with Crippen LogP contribution in [0.25, 0.3) is 16.8 Å². The van der Waals surface area contributed by atoms with Gasteiger partial charge >= 0.3 is 5.97 Å². The summed E-state index contributed by atoms with van der Waals surface area (Å²) in [5.41, 5.74) is 4.14. The van der Waals surface area contributed by atoms with Crippen LogP contribution in [0, 0.1) is 6.92 Å². The minimum atomic E-state index is -0.675. The molecular formula is C37H33ClN2O5S. The number of halogens is 1. The van der Waals surface area contributed by atoms with Crippen LogP contribution in [0.4, 0.5) is 0 Å². The zero-order chi connectivity index (χ0) is 32.4. The van der Waals surface area contributed by atoms with Gasteiger partial charge in [0.05, 0.1) is 40.1 Å². The minimum Gasteiger partial charge on any atom is -0.490 e. The molecule has 0 amide bonds. The second-order valence-electron chi connectivity index (χ2n) is 10.9. The molecule has 2 heterocycles. The van der Waals surface area contributed by atoms with Gasteiger partial charge in [-0.15, -0.1) is 0 Å². The molecule has 9 heteroatoms. The smallest absolute Gasteiger partial charge is 0.338 e. The minimum absolute atomic E-state index is 0.214. The van der Waals surface area contributed by atoms with Gasteiger partial charge in [-0.1, -0.05) is 89.2 Å². The van der Waals surface area contributed by atoms with Crippen molar-refractivity contribution in [1.82, 2.24) is 4.57 Å². The van der Waals surface area contributed by atoms with Crippen LogP contribution in [-0.4, -0.2) is 23.8 Å². The molecule has 0 N–H and O–H groups in total. The highest BCUT2D eigenvalue weighted by molar-refractivity contribution is 7.07. The normalized spacial score (nSPS) is 14.6. The van der Waals surface area contributed by atoms with E-state index in [1.165, 1.54) is 11.3 Å². The molecule has 0 bridgehead atoms. The summed E-state index contributed by atoms with van der Waals surface area (Å²) in [7, 11) is 0. The molecule has 0 saturated heterocycles. The molecule has 0 saturated carbocycles. The highest BCUT2D eigenvalue weighted by atomic mass is 35.5. The molecular weight excluding hydrogens is 620 g/mol. The second kappa shape index (κ2) is 13.4. The molecule has 4 aromatic carbocycles. The van der Waals surface area contributed by atoms with Crippen LogP contribution in [0.3, 0.4) is 0 Å². The summed E-state index contributed by atoms with van der Waals surface area (Å²) in [6.45, 7) is 8.33. The lowest BCUT2D eigenvalue weighted by Gasteiger charge is -2.24. The third-order valence-electron chi connectivity index (χ3n) is 7.74. The van der Waals surface area contributed by atoms with Crippen LogP contribution < -0.4 is 24.4 Å². The van der Waals surface area contributed by atoms with Gasteiger partial charge in [0.2, 0.25) is 0 Å². The lowest BCUT2D eigenvalue weighted by molar-refractivity contribution is -0.139. The van der Waals surface area contributed by atoms with E-state index in [0.717, 1.165) is 27.5 Å². The number of hydrogen-bond donors (Lipinski definition) is 0. The van der Waals surface area contributed by atoms with E-state index in [0.29, 0.717) is 55.9 Å². The summed E-state index contributed by atoms with van der Waals surface area (Å²) >= 11 is 8.03. The number of rotatable bonds is 9. The van der Waals surface area contributed by atoms with Crippen LogP contribution in [0.15, 0.2) is 99.9 Å². The van der Waals surface area contributed by atoms with E-state index in [-0.39, 0.29) is 12.2 Å². The number of ether oxygens (including phenoxy) is 3. The molecule has 0 unspecified atom stereocenters. The maximum atomic E-state index is 14.0. The van der Waals surface area contributed by atoms with Crippen molar-refractivity contribution in [2.24, 2.45) is 4.99 Å². The number of fused-ring (bicyclic) bond motifs is 2. The lowest BCUT2D eigenvalue weighted by atomic mass is 9.95. The number of aryl methyl sites for hydroxylation is 1. The van der Waals surface area contributed by atoms with Gasteiger partial charge in [0.25, 0.3) is 5.56 Å². The Morgan fingerprint density at radius 1 is 0.957 bits per heavy atom. The van der Waals surface area contributed by atoms with E-state index in [2.05, 4.69) is 29.3 Å². The largest absolute Gasteiger partial charge is 0.490 e. The van der Waals surface area contributed by atoms with Gasteiger partial charge in [-0.25, -0.2) is 9.79 Å². The number of thiazole rings is 1. The standard InChI is InChI=1S/C37H33ClN2O5S/c1-5-43-30-19-25(18-29(38)34(30)45-21-24-13-16-26-9-7-8-10-28(26)17-24)20-31-35(41)40-33(27-14-11-22(3)12-15-27)32(36(42)44-6-2)23(4)39-37(40)46-31/h7-20,33H,5-6,21H2,1-4H3/b31-20+/t33-/m1/s1. The van der Waals surface area contributed by atoms with Gasteiger partial charge in [-0.3, -0.25) is 9.36 Å². The molecule has 6 rings (SSSR count). The fraction of sp³-hybridized carbons (Fsp3) is 0.216. The number of benzene rings is 4. The van der Waals surface area contributed by atoms with Crippen molar-refractivity contribution >= 4 is 45.8 Å². The number of nitrogens with zero attached hydrogens (tertiary/aromatic N) is 2. The highest BCUT2D eigenvalue weighted by Gasteiger charge is 2.33. The Morgan fingerprint density at radius 2 is 1.72 bits per heavy atom. The number of aromatic nitrogens is 1. The number of carbonyl (C=O) groups excluding carboxylic acids is 1. The van der Waals surface area contributed by atoms with E-state index < -0.39 is 12.0 Å². The van der Waals surface area contributed by atoms with E-state index in [1.807, 2.05) is 62.4 Å². The Morgan fingerprint density at radius 3 is 2.46 bits per heavy atom. The summed E-state index contributed by atoms with van der Waals surface area (Å²) in [6.07, 6.45) is 1.76. The molecule has 1 aliphatic heterocycles. The topological polar surface area (TPSA) is 79.1 Å². The Labute approximate surface area is 275 Å². The first-order chi connectivity index (χ1) is 22.3. The van der Waals surface area contributed by atoms with Crippen LogP contribution in [0.5, 0.6) is 11.5 Å². The van der Waals surface area contributed by atoms with Crippen LogP contribution in [0.1, 0.15) is 49.1 Å². The summed E-state index contributed by atoms with van der Waals surface area (Å²) in [4.78, 5) is 32.3. The van der Waals surface area contributed by atoms with Gasteiger partial charge in [0.15, 0.2) is 16.3 Å². The Hall–Kier alpha value is -4.66. The molecule has 0 aliphatic carbocycles. The lowest BCUT2D eigenvalue weighted by Crippen LogP contribution is -2.39. The average Bonchev–Trinajstić information content (AvgIpc) is 3.34. The van der Waals surface area contributed by atoms with E-state index in [9.17, 15) is 9.59 Å². The van der Waals surface area contributed by atoms with E-state index in [4.69, 9.17) is 25.8 Å². The molecule has 1 aromatic heterocycles. The SMILES string of the molecule is CCOC(=O)C1=C(C)N=c2s/c(=C/c3cc(Cl)c(OCc4ccc5ccccc5c4)c(OCC)c3)c(=O)n2[C@@H]1c1ccc(C)cc1. The van der Waals surface area contributed by atoms with Gasteiger partial charge in [-0.2, -0.15) is 0 Å². The zero-order valence-electron chi connectivity index (χ0n) is 26.0. The first-order valence-electron chi connectivity index (χ1n) is 15.1. The summed E-state index contributed by atoms with van der Waals surface area (Å²) in [5, 5.41) is 2.65. The van der Waals surface area contributed by atoms with Crippen LogP contribution in [-0.2, 0) is 16.1 Å². The quantitative estimate of drug-likeness (QED) is 0.162. The number of hydrogen-bond acceptors (Lipinski definition) is 7. The Balaban J connectivity index is 1.38. The highest BCUT2D eigenvalue weighted by Crippen LogP contribution is 2.38. The number of allylic oxidation sites excluding steroid dienone is 1. The average molecular weight is 653 g/mol. The molecule has 234 valence electrons. The third-order valence-corrected chi connectivity index (χ3v) is 9.00. The number of carbonyl (C=O) groups is 1. The van der Waals surface area contributed by atoms with Gasteiger partial charge < -0.3 is 14.2 Å². The van der Waals surface area contributed by atoms with Crippen molar-refractivity contribution in [3.8, 4) is 11.5 Å². The monoisotopic (exact) mass is 652 g/mol. The second-order valence-corrected chi connectivity index (χ2v) is 12.4.